The van der Waals surface area contributed by atoms with E-state index in [0.29, 0.717) is 15.9 Å². The van der Waals surface area contributed by atoms with Crippen molar-refractivity contribution in [2.45, 2.75) is 0 Å². The van der Waals surface area contributed by atoms with Crippen molar-refractivity contribution in [1.82, 2.24) is 14.5 Å². The first-order chi connectivity index (χ1) is 10.6. The maximum absolute atomic E-state index is 12.7. The van der Waals surface area contributed by atoms with Crippen LogP contribution in [-0.4, -0.2) is 14.5 Å². The molecule has 1 aromatic carbocycles. The van der Waals surface area contributed by atoms with Gasteiger partial charge in [-0.3, -0.25) is 9.78 Å². The van der Waals surface area contributed by atoms with E-state index in [-0.39, 0.29) is 18.0 Å². The summed E-state index contributed by atoms with van der Waals surface area (Å²) >= 11 is 4.63. The van der Waals surface area contributed by atoms with Gasteiger partial charge in [0.2, 0.25) is 0 Å². The summed E-state index contributed by atoms with van der Waals surface area (Å²) < 4.78 is 2.43. The fourth-order valence-electron chi connectivity index (χ4n) is 2.48. The largest absolute Gasteiger partial charge is 0.333 e. The molecule has 116 valence electrons. The predicted octanol–water partition coefficient (Wildman–Crippen LogP) is 3.47. The average Bonchev–Trinajstić information content (AvgIpc) is 2.88. The van der Waals surface area contributed by atoms with Crippen LogP contribution in [0.5, 0.6) is 0 Å². The SMILES string of the molecule is Cl.O=c1[nH]c2cc(Br)sc2c(=O)n1-c1cncc2ccccc12. The molecule has 23 heavy (non-hydrogen) atoms. The highest BCUT2D eigenvalue weighted by Crippen LogP contribution is 2.26. The molecule has 0 bridgehead atoms. The van der Waals surface area contributed by atoms with E-state index < -0.39 is 5.69 Å². The molecule has 0 aliphatic rings. The van der Waals surface area contributed by atoms with Gasteiger partial charge in [0.25, 0.3) is 5.56 Å². The van der Waals surface area contributed by atoms with Gasteiger partial charge in [-0.1, -0.05) is 24.3 Å². The summed E-state index contributed by atoms with van der Waals surface area (Å²) in [6.45, 7) is 0. The van der Waals surface area contributed by atoms with Crippen LogP contribution < -0.4 is 11.2 Å². The zero-order chi connectivity index (χ0) is 15.3. The second kappa shape index (κ2) is 5.92. The van der Waals surface area contributed by atoms with Crippen LogP contribution in [0.2, 0.25) is 0 Å². The quantitative estimate of drug-likeness (QED) is 0.522. The van der Waals surface area contributed by atoms with Crippen molar-refractivity contribution in [1.29, 1.82) is 0 Å². The number of nitrogens with zero attached hydrogens (tertiary/aromatic N) is 2. The molecule has 0 saturated heterocycles. The third-order valence-electron chi connectivity index (χ3n) is 3.43. The monoisotopic (exact) mass is 409 g/mol. The number of fused-ring (bicyclic) bond motifs is 2. The number of benzene rings is 1. The van der Waals surface area contributed by atoms with Crippen LogP contribution in [0.15, 0.2) is 56.1 Å². The minimum atomic E-state index is -0.471. The van der Waals surface area contributed by atoms with Gasteiger partial charge in [-0.15, -0.1) is 23.7 Å². The molecule has 4 rings (SSSR count). The number of aromatic nitrogens is 3. The Kier molecular flexibility index (Phi) is 4.09. The summed E-state index contributed by atoms with van der Waals surface area (Å²) in [6.07, 6.45) is 3.24. The molecule has 0 spiro atoms. The van der Waals surface area contributed by atoms with Gasteiger partial charge in [-0.2, -0.15) is 0 Å². The number of aromatic amines is 1. The molecule has 0 atom stereocenters. The molecule has 0 amide bonds. The maximum Gasteiger partial charge on any atom is 0.333 e. The lowest BCUT2D eigenvalue weighted by Crippen LogP contribution is -2.33. The molecule has 5 nitrogen and oxygen atoms in total. The van der Waals surface area contributed by atoms with Crippen molar-refractivity contribution in [3.63, 3.8) is 0 Å². The Morgan fingerprint density at radius 1 is 1.17 bits per heavy atom. The van der Waals surface area contributed by atoms with Gasteiger partial charge in [-0.25, -0.2) is 9.36 Å². The Hall–Kier alpha value is -1.96. The molecule has 3 heterocycles. The molecule has 1 N–H and O–H groups in total. The van der Waals surface area contributed by atoms with Crippen molar-refractivity contribution in [2.24, 2.45) is 0 Å². The lowest BCUT2D eigenvalue weighted by Gasteiger charge is -2.07. The lowest BCUT2D eigenvalue weighted by atomic mass is 10.1. The van der Waals surface area contributed by atoms with Crippen molar-refractivity contribution < 1.29 is 0 Å². The van der Waals surface area contributed by atoms with E-state index >= 15 is 0 Å². The summed E-state index contributed by atoms with van der Waals surface area (Å²) in [5, 5.41) is 1.68. The third-order valence-corrected chi connectivity index (χ3v) is 5.06. The lowest BCUT2D eigenvalue weighted by molar-refractivity contribution is 0.905. The van der Waals surface area contributed by atoms with Crippen LogP contribution in [0, 0.1) is 0 Å². The maximum atomic E-state index is 12.7. The first-order valence-corrected chi connectivity index (χ1v) is 8.03. The van der Waals surface area contributed by atoms with Crippen molar-refractivity contribution in [3.8, 4) is 5.69 Å². The number of rotatable bonds is 1. The molecule has 0 aliphatic carbocycles. The van der Waals surface area contributed by atoms with Crippen molar-refractivity contribution in [2.75, 3.05) is 0 Å². The van der Waals surface area contributed by atoms with E-state index in [4.69, 9.17) is 0 Å². The first kappa shape index (κ1) is 15.9. The number of halogens is 2. The molecule has 3 aromatic heterocycles. The van der Waals surface area contributed by atoms with Crippen LogP contribution in [-0.2, 0) is 0 Å². The van der Waals surface area contributed by atoms with E-state index in [1.807, 2.05) is 24.3 Å². The molecule has 0 unspecified atom stereocenters. The smallest absolute Gasteiger partial charge is 0.305 e. The topological polar surface area (TPSA) is 67.8 Å². The number of pyridine rings is 1. The summed E-state index contributed by atoms with van der Waals surface area (Å²) in [5.74, 6) is 0. The molecular weight excluding hydrogens is 402 g/mol. The molecule has 0 saturated carbocycles. The molecule has 8 heteroatoms. The highest BCUT2D eigenvalue weighted by Gasteiger charge is 2.14. The van der Waals surface area contributed by atoms with Gasteiger partial charge in [0.05, 0.1) is 21.2 Å². The van der Waals surface area contributed by atoms with Crippen LogP contribution in [0.1, 0.15) is 0 Å². The van der Waals surface area contributed by atoms with Crippen LogP contribution in [0.4, 0.5) is 0 Å². The normalized spacial score (nSPS) is 10.8. The van der Waals surface area contributed by atoms with Crippen molar-refractivity contribution >= 4 is 60.7 Å². The van der Waals surface area contributed by atoms with Crippen LogP contribution in [0.3, 0.4) is 0 Å². The van der Waals surface area contributed by atoms with Gasteiger partial charge in [-0.05, 0) is 22.0 Å². The van der Waals surface area contributed by atoms with Crippen LogP contribution in [0.25, 0.3) is 26.7 Å². The number of nitrogens with one attached hydrogen (secondary N) is 1. The van der Waals surface area contributed by atoms with Gasteiger partial charge in [0, 0.05) is 17.0 Å². The van der Waals surface area contributed by atoms with Crippen LogP contribution >= 0.6 is 39.7 Å². The fourth-order valence-corrected chi connectivity index (χ4v) is 3.96. The molecule has 4 aromatic rings. The molecule has 0 radical (unpaired) electrons. The van der Waals surface area contributed by atoms with Gasteiger partial charge in [0.1, 0.15) is 4.70 Å². The standard InChI is InChI=1S/C15H8BrN3O2S.ClH/c16-12-5-10-13(22-12)14(20)19(15(21)18-10)11-7-17-6-8-3-1-2-4-9(8)11;/h1-7H,(H,18,21);1H. The summed E-state index contributed by atoms with van der Waals surface area (Å²) in [7, 11) is 0. The van der Waals surface area contributed by atoms with Gasteiger partial charge in [0.15, 0.2) is 0 Å². The van der Waals surface area contributed by atoms with Gasteiger partial charge < -0.3 is 4.98 Å². The summed E-state index contributed by atoms with van der Waals surface area (Å²) in [6, 6.07) is 9.25. The third kappa shape index (κ3) is 2.50. The first-order valence-electron chi connectivity index (χ1n) is 6.42. The van der Waals surface area contributed by atoms with E-state index in [0.717, 1.165) is 19.1 Å². The Morgan fingerprint density at radius 2 is 1.96 bits per heavy atom. The zero-order valence-electron chi connectivity index (χ0n) is 11.4. The zero-order valence-corrected chi connectivity index (χ0v) is 14.7. The minimum absolute atomic E-state index is 0. The Labute approximate surface area is 148 Å². The number of hydrogen-bond acceptors (Lipinski definition) is 4. The number of H-pyrrole nitrogens is 1. The highest BCUT2D eigenvalue weighted by molar-refractivity contribution is 9.11. The Bertz CT molecular complexity index is 1140. The van der Waals surface area contributed by atoms with Gasteiger partial charge >= 0.3 is 5.69 Å². The highest BCUT2D eigenvalue weighted by atomic mass is 79.9. The second-order valence-corrected chi connectivity index (χ2v) is 7.18. The minimum Gasteiger partial charge on any atom is -0.305 e. The molecule has 0 aliphatic heterocycles. The fraction of sp³-hybridized carbons (Fsp3) is 0. The van der Waals surface area contributed by atoms with Crippen molar-refractivity contribution in [3.05, 3.63) is 67.4 Å². The molecule has 0 fully saturated rings. The predicted molar refractivity (Wildman–Crippen MR) is 98.3 cm³/mol. The van der Waals surface area contributed by atoms with E-state index in [9.17, 15) is 9.59 Å². The van der Waals surface area contributed by atoms with E-state index in [1.165, 1.54) is 17.5 Å². The summed E-state index contributed by atoms with van der Waals surface area (Å²) in [5.41, 5.74) is 0.209. The van der Waals surface area contributed by atoms with E-state index in [2.05, 4.69) is 25.9 Å². The Balaban J connectivity index is 0.00000156. The summed E-state index contributed by atoms with van der Waals surface area (Å²) in [4.78, 5) is 32.0. The average molecular weight is 411 g/mol. The Morgan fingerprint density at radius 3 is 2.78 bits per heavy atom. The number of thiophene rings is 1. The number of hydrogen-bond donors (Lipinski definition) is 1. The van der Waals surface area contributed by atoms with E-state index in [1.54, 1.807) is 12.3 Å². The second-order valence-electron chi connectivity index (χ2n) is 4.74. The molecular formula is C15H9BrClN3O2S.